The third-order valence-electron chi connectivity index (χ3n) is 2.99. The monoisotopic (exact) mass is 193 g/mol. The van der Waals surface area contributed by atoms with Crippen molar-refractivity contribution < 1.29 is 0 Å². The zero-order valence-electron chi connectivity index (χ0n) is 8.79. The van der Waals surface area contributed by atoms with E-state index in [1.165, 1.54) is 24.9 Å². The van der Waals surface area contributed by atoms with Gasteiger partial charge in [-0.3, -0.25) is 4.90 Å². The lowest BCUT2D eigenvalue weighted by Gasteiger charge is -2.31. The van der Waals surface area contributed by atoms with Gasteiger partial charge in [-0.05, 0) is 38.1 Å². The van der Waals surface area contributed by atoms with E-state index in [1.54, 1.807) is 0 Å². The highest BCUT2D eigenvalue weighted by Crippen LogP contribution is 2.11. The third-order valence-corrected chi connectivity index (χ3v) is 2.99. The Balaban J connectivity index is 1.85. The van der Waals surface area contributed by atoms with Crippen molar-refractivity contribution in [1.29, 1.82) is 0 Å². The second-order valence-corrected chi connectivity index (χ2v) is 4.13. The van der Waals surface area contributed by atoms with Crippen molar-refractivity contribution in [1.82, 2.24) is 15.2 Å². The van der Waals surface area contributed by atoms with Gasteiger partial charge in [0, 0.05) is 31.5 Å². The first-order chi connectivity index (χ1) is 6.86. The molecule has 3 heteroatoms. The predicted molar refractivity (Wildman–Crippen MR) is 58.2 cm³/mol. The van der Waals surface area contributed by atoms with Gasteiger partial charge in [0.15, 0.2) is 0 Å². The van der Waals surface area contributed by atoms with Crippen LogP contribution in [0.15, 0.2) is 18.5 Å². The van der Waals surface area contributed by atoms with Gasteiger partial charge in [0.05, 0.1) is 0 Å². The summed E-state index contributed by atoms with van der Waals surface area (Å²) in [6, 6.07) is 2.85. The summed E-state index contributed by atoms with van der Waals surface area (Å²) in [5.74, 6) is 0. The molecule has 1 aromatic rings. The summed E-state index contributed by atoms with van der Waals surface area (Å²) in [4.78, 5) is 5.54. The molecule has 1 unspecified atom stereocenters. The summed E-state index contributed by atoms with van der Waals surface area (Å²) >= 11 is 0. The van der Waals surface area contributed by atoms with Crippen molar-refractivity contribution in [3.05, 3.63) is 24.0 Å². The lowest BCUT2D eigenvalue weighted by Crippen LogP contribution is -2.43. The molecule has 14 heavy (non-hydrogen) atoms. The lowest BCUT2D eigenvalue weighted by atomic mass is 10.1. The number of hydrogen-bond acceptors (Lipinski definition) is 2. The molecule has 0 aromatic carbocycles. The largest absolute Gasteiger partial charge is 0.367 e. The molecule has 1 saturated heterocycles. The molecule has 1 aliphatic heterocycles. The van der Waals surface area contributed by atoms with Gasteiger partial charge >= 0.3 is 0 Å². The first-order valence-electron chi connectivity index (χ1n) is 5.39. The van der Waals surface area contributed by atoms with Crippen LogP contribution in [0.4, 0.5) is 0 Å². The highest BCUT2D eigenvalue weighted by molar-refractivity contribution is 5.08. The van der Waals surface area contributed by atoms with Crippen LogP contribution in [0, 0.1) is 0 Å². The average molecular weight is 193 g/mol. The van der Waals surface area contributed by atoms with Crippen LogP contribution in [-0.2, 0) is 6.54 Å². The fourth-order valence-electron chi connectivity index (χ4n) is 2.08. The fraction of sp³-hybridized carbons (Fsp3) is 0.636. The Bertz CT molecular complexity index is 250. The summed E-state index contributed by atoms with van der Waals surface area (Å²) in [7, 11) is 2.21. The molecule has 0 bridgehead atoms. The van der Waals surface area contributed by atoms with Crippen LogP contribution in [0.3, 0.4) is 0 Å². The molecule has 0 amide bonds. The minimum Gasteiger partial charge on any atom is -0.367 e. The Labute approximate surface area is 85.5 Å². The number of H-pyrrole nitrogens is 1. The van der Waals surface area contributed by atoms with E-state index >= 15 is 0 Å². The van der Waals surface area contributed by atoms with Crippen molar-refractivity contribution >= 4 is 0 Å². The number of piperidine rings is 1. The average Bonchev–Trinajstić information content (AvgIpc) is 2.72. The summed E-state index contributed by atoms with van der Waals surface area (Å²) in [5.41, 5.74) is 1.37. The van der Waals surface area contributed by atoms with Gasteiger partial charge in [0.1, 0.15) is 0 Å². The van der Waals surface area contributed by atoms with Crippen molar-refractivity contribution in [3.63, 3.8) is 0 Å². The van der Waals surface area contributed by atoms with Gasteiger partial charge in [-0.1, -0.05) is 0 Å². The molecule has 2 heterocycles. The molecular formula is C11H19N3. The Morgan fingerprint density at radius 3 is 3.14 bits per heavy atom. The first-order valence-corrected chi connectivity index (χ1v) is 5.39. The van der Waals surface area contributed by atoms with E-state index < -0.39 is 0 Å². The SMILES string of the molecule is CN(Cc1cc[nH]c1)C1CCCNC1. The highest BCUT2D eigenvalue weighted by atomic mass is 15.2. The number of nitrogens with one attached hydrogen (secondary N) is 2. The second kappa shape index (κ2) is 4.62. The Kier molecular flexibility index (Phi) is 3.22. The van der Waals surface area contributed by atoms with E-state index in [0.29, 0.717) is 6.04 Å². The molecule has 78 valence electrons. The molecule has 2 rings (SSSR count). The molecule has 1 fully saturated rings. The molecule has 0 aliphatic carbocycles. The van der Waals surface area contributed by atoms with E-state index in [4.69, 9.17) is 0 Å². The zero-order chi connectivity index (χ0) is 9.80. The van der Waals surface area contributed by atoms with Crippen molar-refractivity contribution in [2.24, 2.45) is 0 Å². The lowest BCUT2D eigenvalue weighted by molar-refractivity contribution is 0.196. The highest BCUT2D eigenvalue weighted by Gasteiger charge is 2.17. The molecule has 1 aromatic heterocycles. The van der Waals surface area contributed by atoms with Crippen LogP contribution in [0.5, 0.6) is 0 Å². The van der Waals surface area contributed by atoms with E-state index in [9.17, 15) is 0 Å². The van der Waals surface area contributed by atoms with Gasteiger partial charge in [-0.15, -0.1) is 0 Å². The smallest absolute Gasteiger partial charge is 0.0249 e. The maximum absolute atomic E-state index is 3.45. The number of nitrogens with zero attached hydrogens (tertiary/aromatic N) is 1. The van der Waals surface area contributed by atoms with Gasteiger partial charge in [-0.25, -0.2) is 0 Å². The van der Waals surface area contributed by atoms with Gasteiger partial charge in [-0.2, -0.15) is 0 Å². The minimum atomic E-state index is 0.707. The number of aromatic nitrogens is 1. The zero-order valence-corrected chi connectivity index (χ0v) is 8.79. The van der Waals surface area contributed by atoms with Gasteiger partial charge < -0.3 is 10.3 Å². The van der Waals surface area contributed by atoms with Crippen LogP contribution in [0.2, 0.25) is 0 Å². The molecule has 1 aliphatic rings. The maximum Gasteiger partial charge on any atom is 0.0249 e. The molecule has 0 spiro atoms. The van der Waals surface area contributed by atoms with E-state index in [-0.39, 0.29) is 0 Å². The first kappa shape index (κ1) is 9.74. The quantitative estimate of drug-likeness (QED) is 0.755. The fourth-order valence-corrected chi connectivity index (χ4v) is 2.08. The topological polar surface area (TPSA) is 31.1 Å². The van der Waals surface area contributed by atoms with Crippen LogP contribution in [0.1, 0.15) is 18.4 Å². The van der Waals surface area contributed by atoms with E-state index in [2.05, 4.69) is 34.5 Å². The minimum absolute atomic E-state index is 0.707. The Hall–Kier alpha value is -0.800. The summed E-state index contributed by atoms with van der Waals surface area (Å²) in [5, 5.41) is 3.45. The van der Waals surface area contributed by atoms with Crippen LogP contribution in [-0.4, -0.2) is 36.1 Å². The molecule has 0 saturated carbocycles. The maximum atomic E-state index is 3.45. The van der Waals surface area contributed by atoms with Crippen molar-refractivity contribution in [2.75, 3.05) is 20.1 Å². The second-order valence-electron chi connectivity index (χ2n) is 4.13. The Morgan fingerprint density at radius 1 is 1.57 bits per heavy atom. The van der Waals surface area contributed by atoms with Crippen molar-refractivity contribution in [2.45, 2.75) is 25.4 Å². The van der Waals surface area contributed by atoms with Crippen LogP contribution >= 0.6 is 0 Å². The molecular weight excluding hydrogens is 174 g/mol. The summed E-state index contributed by atoms with van der Waals surface area (Å²) in [6.07, 6.45) is 6.70. The standard InChI is InChI=1S/C11H19N3/c1-14(9-10-4-6-13-7-10)11-3-2-5-12-8-11/h4,6-7,11-13H,2-3,5,8-9H2,1H3. The van der Waals surface area contributed by atoms with E-state index in [1.807, 2.05) is 6.20 Å². The van der Waals surface area contributed by atoms with Gasteiger partial charge in [0.2, 0.25) is 0 Å². The number of likely N-dealkylation sites (N-methyl/N-ethyl adjacent to an activating group) is 1. The summed E-state index contributed by atoms with van der Waals surface area (Å²) in [6.45, 7) is 3.38. The third kappa shape index (κ3) is 2.36. The number of hydrogen-bond donors (Lipinski definition) is 2. The molecule has 3 nitrogen and oxygen atoms in total. The summed E-state index contributed by atoms with van der Waals surface area (Å²) < 4.78 is 0. The van der Waals surface area contributed by atoms with Crippen LogP contribution < -0.4 is 5.32 Å². The molecule has 0 radical (unpaired) electrons. The van der Waals surface area contributed by atoms with E-state index in [0.717, 1.165) is 13.1 Å². The Morgan fingerprint density at radius 2 is 2.50 bits per heavy atom. The molecule has 2 N–H and O–H groups in total. The normalized spacial score (nSPS) is 22.9. The number of rotatable bonds is 3. The van der Waals surface area contributed by atoms with Crippen LogP contribution in [0.25, 0.3) is 0 Å². The van der Waals surface area contributed by atoms with Crippen molar-refractivity contribution in [3.8, 4) is 0 Å². The van der Waals surface area contributed by atoms with Gasteiger partial charge in [0.25, 0.3) is 0 Å². The number of aromatic amines is 1. The molecule has 1 atom stereocenters. The predicted octanol–water partition coefficient (Wildman–Crippen LogP) is 1.20.